The van der Waals surface area contributed by atoms with Gasteiger partial charge in [0.05, 0.1) is 17.2 Å². The molecule has 146 valence electrons. The maximum Gasteiger partial charge on any atom is 0.253 e. The van der Waals surface area contributed by atoms with Gasteiger partial charge in [-0.2, -0.15) is 5.26 Å². The summed E-state index contributed by atoms with van der Waals surface area (Å²) in [5, 5.41) is 16.7. The number of amides is 1. The fraction of sp³-hybridized carbons (Fsp3) is 0.273. The Kier molecular flexibility index (Phi) is 5.09. The molecule has 0 bridgehead atoms. The highest BCUT2D eigenvalue weighted by atomic mass is 19.1. The molecule has 0 radical (unpaired) electrons. The highest BCUT2D eigenvalue weighted by Gasteiger charge is 2.25. The first-order valence-corrected chi connectivity index (χ1v) is 9.53. The van der Waals surface area contributed by atoms with Crippen molar-refractivity contribution >= 4 is 5.91 Å². The smallest absolute Gasteiger partial charge is 0.253 e. The van der Waals surface area contributed by atoms with Gasteiger partial charge in [-0.15, -0.1) is 10.2 Å². The summed E-state index contributed by atoms with van der Waals surface area (Å²) in [6.45, 7) is 3.01. The van der Waals surface area contributed by atoms with Crippen molar-refractivity contribution in [3.63, 3.8) is 0 Å². The number of nitrogens with one attached hydrogen (secondary N) is 1. The zero-order valence-electron chi connectivity index (χ0n) is 16.0. The molecule has 0 saturated carbocycles. The summed E-state index contributed by atoms with van der Waals surface area (Å²) >= 11 is 0. The van der Waals surface area contributed by atoms with E-state index in [-0.39, 0.29) is 11.5 Å². The van der Waals surface area contributed by atoms with Crippen molar-refractivity contribution in [1.29, 1.82) is 5.26 Å². The van der Waals surface area contributed by atoms with Crippen molar-refractivity contribution in [2.45, 2.75) is 25.7 Å². The Morgan fingerprint density at radius 2 is 1.90 bits per heavy atom. The van der Waals surface area contributed by atoms with Crippen LogP contribution in [-0.4, -0.2) is 39.1 Å². The third kappa shape index (κ3) is 3.87. The SMILES string of the molecule is Cc1nnc(-c2cc(C(=O)N3CCC(c4ccc(C#N)cc4)CC3)ccc2F)[nH]1. The lowest BCUT2D eigenvalue weighted by Crippen LogP contribution is -2.37. The minimum absolute atomic E-state index is 0.110. The number of benzene rings is 2. The molecule has 7 heteroatoms. The van der Waals surface area contributed by atoms with Crippen molar-refractivity contribution in [1.82, 2.24) is 20.1 Å². The number of nitrogens with zero attached hydrogens (tertiary/aromatic N) is 4. The molecular weight excluding hydrogens is 369 g/mol. The normalized spacial score (nSPS) is 14.6. The van der Waals surface area contributed by atoms with Crippen LogP contribution in [0.5, 0.6) is 0 Å². The Labute approximate surface area is 168 Å². The van der Waals surface area contributed by atoms with Crippen molar-refractivity contribution < 1.29 is 9.18 Å². The average Bonchev–Trinajstić information content (AvgIpc) is 3.20. The summed E-state index contributed by atoms with van der Waals surface area (Å²) < 4.78 is 14.2. The van der Waals surface area contributed by atoms with Crippen LogP contribution in [0, 0.1) is 24.1 Å². The zero-order valence-corrected chi connectivity index (χ0v) is 16.0. The van der Waals surface area contributed by atoms with Crippen molar-refractivity contribution in [2.24, 2.45) is 0 Å². The van der Waals surface area contributed by atoms with Gasteiger partial charge in [0, 0.05) is 18.7 Å². The summed E-state index contributed by atoms with van der Waals surface area (Å²) in [5.74, 6) is 0.709. The molecule has 29 heavy (non-hydrogen) atoms. The monoisotopic (exact) mass is 389 g/mol. The van der Waals surface area contributed by atoms with Crippen molar-refractivity contribution in [3.8, 4) is 17.5 Å². The molecule has 1 fully saturated rings. The van der Waals surface area contributed by atoms with Crippen LogP contribution < -0.4 is 0 Å². The van der Waals surface area contributed by atoms with Gasteiger partial charge in [-0.25, -0.2) is 4.39 Å². The quantitative estimate of drug-likeness (QED) is 0.738. The number of halogens is 1. The van der Waals surface area contributed by atoms with Crippen LogP contribution in [0.15, 0.2) is 42.5 Å². The summed E-state index contributed by atoms with van der Waals surface area (Å²) in [4.78, 5) is 17.7. The van der Waals surface area contributed by atoms with Crippen LogP contribution in [-0.2, 0) is 0 Å². The molecule has 2 aromatic carbocycles. The number of hydrogen-bond acceptors (Lipinski definition) is 4. The maximum absolute atomic E-state index is 14.2. The number of aromatic amines is 1. The number of rotatable bonds is 3. The number of hydrogen-bond donors (Lipinski definition) is 1. The zero-order chi connectivity index (χ0) is 20.4. The lowest BCUT2D eigenvalue weighted by Gasteiger charge is -2.32. The molecule has 0 atom stereocenters. The van der Waals surface area contributed by atoms with Crippen molar-refractivity contribution in [2.75, 3.05) is 13.1 Å². The average molecular weight is 389 g/mol. The Balaban J connectivity index is 1.46. The topological polar surface area (TPSA) is 85.7 Å². The lowest BCUT2D eigenvalue weighted by atomic mass is 9.89. The number of likely N-dealkylation sites (tertiary alicyclic amines) is 1. The maximum atomic E-state index is 14.2. The summed E-state index contributed by atoms with van der Waals surface area (Å²) in [7, 11) is 0. The fourth-order valence-corrected chi connectivity index (χ4v) is 3.74. The first-order valence-electron chi connectivity index (χ1n) is 9.53. The Hall–Kier alpha value is -3.53. The fourth-order valence-electron chi connectivity index (χ4n) is 3.74. The summed E-state index contributed by atoms with van der Waals surface area (Å²) in [6, 6.07) is 14.1. The van der Waals surface area contributed by atoms with E-state index in [1.807, 2.05) is 29.2 Å². The molecule has 4 rings (SSSR count). The number of carbonyl (C=O) groups is 1. The van der Waals surface area contributed by atoms with Gasteiger partial charge in [0.2, 0.25) is 0 Å². The van der Waals surface area contributed by atoms with Crippen LogP contribution >= 0.6 is 0 Å². The molecule has 1 N–H and O–H groups in total. The van der Waals surface area contributed by atoms with Gasteiger partial charge >= 0.3 is 0 Å². The lowest BCUT2D eigenvalue weighted by molar-refractivity contribution is 0.0713. The highest BCUT2D eigenvalue weighted by Crippen LogP contribution is 2.29. The standard InChI is InChI=1S/C22H20FN5O/c1-14-25-21(27-26-14)19-12-18(6-7-20(19)23)22(29)28-10-8-17(9-11-28)16-4-2-15(13-24)3-5-16/h2-7,12,17H,8-11H2,1H3,(H,25,26,27). The van der Waals surface area contributed by atoms with Gasteiger partial charge in [0.1, 0.15) is 11.6 Å². The number of aryl methyl sites for hydroxylation is 1. The van der Waals surface area contributed by atoms with Crippen LogP contribution in [0.1, 0.15) is 46.1 Å². The van der Waals surface area contributed by atoms with Crippen LogP contribution in [0.3, 0.4) is 0 Å². The van der Waals surface area contributed by atoms with E-state index in [1.54, 1.807) is 6.92 Å². The highest BCUT2D eigenvalue weighted by molar-refractivity contribution is 5.95. The van der Waals surface area contributed by atoms with Crippen LogP contribution in [0.4, 0.5) is 4.39 Å². The summed E-state index contributed by atoms with van der Waals surface area (Å²) in [6.07, 6.45) is 1.71. The van der Waals surface area contributed by atoms with E-state index in [9.17, 15) is 9.18 Å². The molecule has 6 nitrogen and oxygen atoms in total. The van der Waals surface area contributed by atoms with Gasteiger partial charge in [0.15, 0.2) is 5.82 Å². The van der Waals surface area contributed by atoms with Gasteiger partial charge in [-0.05, 0) is 61.6 Å². The molecule has 0 spiro atoms. The molecule has 1 aliphatic heterocycles. The van der Waals surface area contributed by atoms with E-state index in [0.29, 0.717) is 41.8 Å². The number of piperidine rings is 1. The second kappa shape index (κ2) is 7.84. The predicted octanol–water partition coefficient (Wildman–Crippen LogP) is 3.81. The number of carbonyl (C=O) groups excluding carboxylic acids is 1. The molecular formula is C22H20FN5O. The van der Waals surface area contributed by atoms with Crippen molar-refractivity contribution in [3.05, 3.63) is 70.8 Å². The first kappa shape index (κ1) is 18.8. The second-order valence-electron chi connectivity index (χ2n) is 7.25. The molecule has 3 aromatic rings. The predicted molar refractivity (Wildman–Crippen MR) is 106 cm³/mol. The largest absolute Gasteiger partial charge is 0.339 e. The molecule has 1 aliphatic rings. The van der Waals surface area contributed by atoms with E-state index in [4.69, 9.17) is 5.26 Å². The van der Waals surface area contributed by atoms with E-state index >= 15 is 0 Å². The molecule has 2 heterocycles. The molecule has 0 aliphatic carbocycles. The second-order valence-corrected chi connectivity index (χ2v) is 7.25. The van der Waals surface area contributed by atoms with Gasteiger partial charge in [-0.1, -0.05) is 12.1 Å². The van der Waals surface area contributed by atoms with Gasteiger partial charge in [0.25, 0.3) is 5.91 Å². The number of H-pyrrole nitrogens is 1. The number of aromatic nitrogens is 3. The molecule has 1 amide bonds. The third-order valence-corrected chi connectivity index (χ3v) is 5.36. The summed E-state index contributed by atoms with van der Waals surface area (Å²) in [5.41, 5.74) is 2.52. The Morgan fingerprint density at radius 1 is 1.17 bits per heavy atom. The third-order valence-electron chi connectivity index (χ3n) is 5.36. The van der Waals surface area contributed by atoms with E-state index in [2.05, 4.69) is 21.3 Å². The van der Waals surface area contributed by atoms with Crippen LogP contribution in [0.2, 0.25) is 0 Å². The Morgan fingerprint density at radius 3 is 2.52 bits per heavy atom. The first-order chi connectivity index (χ1) is 14.0. The van der Waals surface area contributed by atoms with Gasteiger partial charge < -0.3 is 9.88 Å². The van der Waals surface area contributed by atoms with Gasteiger partial charge in [-0.3, -0.25) is 4.79 Å². The molecule has 0 unspecified atom stereocenters. The van der Waals surface area contributed by atoms with E-state index < -0.39 is 5.82 Å². The van der Waals surface area contributed by atoms with E-state index in [0.717, 1.165) is 12.8 Å². The molecule has 1 saturated heterocycles. The minimum atomic E-state index is -0.447. The van der Waals surface area contributed by atoms with E-state index in [1.165, 1.54) is 23.8 Å². The molecule has 1 aromatic heterocycles. The Bertz CT molecular complexity index is 1080. The van der Waals surface area contributed by atoms with Crippen LogP contribution in [0.25, 0.3) is 11.4 Å². The minimum Gasteiger partial charge on any atom is -0.339 e. The number of nitriles is 1.